The standard InChI is InChI=1S/C22H24N6O3/c29-19(24-22(30)23-18-9-5-2-6-10-18)15-27-11-13-28(14-12-27)16-20-25-21(26-31-20)17-7-3-1-4-8-17/h1-10H,11-16H2,(H2,23,24,29,30). The maximum absolute atomic E-state index is 12.2. The average molecular weight is 420 g/mol. The Kier molecular flexibility index (Phi) is 6.65. The first kappa shape index (κ1) is 20.7. The quantitative estimate of drug-likeness (QED) is 0.630. The van der Waals surface area contributed by atoms with Crippen LogP contribution in [0.4, 0.5) is 10.5 Å². The molecule has 0 aliphatic carbocycles. The molecule has 9 heteroatoms. The Morgan fingerprint density at radius 3 is 2.26 bits per heavy atom. The van der Waals surface area contributed by atoms with Crippen molar-refractivity contribution in [3.63, 3.8) is 0 Å². The highest BCUT2D eigenvalue weighted by Crippen LogP contribution is 2.16. The topological polar surface area (TPSA) is 104 Å². The van der Waals surface area contributed by atoms with Crippen LogP contribution >= 0.6 is 0 Å². The molecule has 0 atom stereocenters. The van der Waals surface area contributed by atoms with Crippen molar-refractivity contribution in [3.05, 3.63) is 66.6 Å². The lowest BCUT2D eigenvalue weighted by Gasteiger charge is -2.33. The van der Waals surface area contributed by atoms with Crippen LogP contribution in [0.3, 0.4) is 0 Å². The fourth-order valence-electron chi connectivity index (χ4n) is 3.37. The molecule has 0 saturated carbocycles. The SMILES string of the molecule is O=C(CN1CCN(Cc2nc(-c3ccccc3)no2)CC1)NC(=O)Nc1ccccc1. The summed E-state index contributed by atoms with van der Waals surface area (Å²) in [4.78, 5) is 32.8. The zero-order valence-corrected chi connectivity index (χ0v) is 17.0. The van der Waals surface area contributed by atoms with E-state index in [-0.39, 0.29) is 12.5 Å². The van der Waals surface area contributed by atoms with Gasteiger partial charge in [0.1, 0.15) is 0 Å². The van der Waals surface area contributed by atoms with Crippen LogP contribution in [0.5, 0.6) is 0 Å². The van der Waals surface area contributed by atoms with Crippen molar-refractivity contribution in [2.75, 3.05) is 38.0 Å². The smallest absolute Gasteiger partial charge is 0.325 e. The van der Waals surface area contributed by atoms with E-state index in [1.807, 2.05) is 53.4 Å². The monoisotopic (exact) mass is 420 g/mol. The lowest BCUT2D eigenvalue weighted by Crippen LogP contribution is -2.50. The molecule has 1 aliphatic rings. The van der Waals surface area contributed by atoms with Gasteiger partial charge in [-0.05, 0) is 12.1 Å². The van der Waals surface area contributed by atoms with E-state index in [2.05, 4.69) is 25.7 Å². The molecular formula is C22H24N6O3. The third-order valence-electron chi connectivity index (χ3n) is 4.98. The summed E-state index contributed by atoms with van der Waals surface area (Å²) in [5.41, 5.74) is 1.56. The zero-order valence-electron chi connectivity index (χ0n) is 17.0. The van der Waals surface area contributed by atoms with Crippen LogP contribution in [0.15, 0.2) is 65.2 Å². The molecule has 1 aromatic heterocycles. The van der Waals surface area contributed by atoms with Crippen LogP contribution in [0.2, 0.25) is 0 Å². The van der Waals surface area contributed by atoms with Crippen LogP contribution in [0, 0.1) is 0 Å². The van der Waals surface area contributed by atoms with E-state index in [0.717, 1.165) is 18.7 Å². The molecule has 4 rings (SSSR count). The number of hydrogen-bond donors (Lipinski definition) is 2. The fourth-order valence-corrected chi connectivity index (χ4v) is 3.37. The highest BCUT2D eigenvalue weighted by molar-refractivity contribution is 6.01. The third kappa shape index (κ3) is 5.97. The fraction of sp³-hybridized carbons (Fsp3) is 0.273. The average Bonchev–Trinajstić information content (AvgIpc) is 3.25. The Hall–Kier alpha value is -3.56. The van der Waals surface area contributed by atoms with Gasteiger partial charge >= 0.3 is 6.03 Å². The van der Waals surface area contributed by atoms with Gasteiger partial charge in [-0.15, -0.1) is 0 Å². The molecule has 9 nitrogen and oxygen atoms in total. The number of carbonyl (C=O) groups excluding carboxylic acids is 2. The number of nitrogens with zero attached hydrogens (tertiary/aromatic N) is 4. The van der Waals surface area contributed by atoms with Gasteiger partial charge < -0.3 is 9.84 Å². The number of rotatable bonds is 6. The highest BCUT2D eigenvalue weighted by atomic mass is 16.5. The number of hydrogen-bond acceptors (Lipinski definition) is 7. The van der Waals surface area contributed by atoms with Crippen molar-refractivity contribution < 1.29 is 14.1 Å². The Morgan fingerprint density at radius 1 is 0.903 bits per heavy atom. The third-order valence-corrected chi connectivity index (χ3v) is 4.98. The van der Waals surface area contributed by atoms with Gasteiger partial charge in [0.05, 0.1) is 13.1 Å². The largest absolute Gasteiger partial charge is 0.338 e. The summed E-state index contributed by atoms with van der Waals surface area (Å²) in [5, 5.41) is 9.05. The number of carbonyl (C=O) groups is 2. The van der Waals surface area contributed by atoms with Crippen molar-refractivity contribution in [2.45, 2.75) is 6.54 Å². The van der Waals surface area contributed by atoms with Gasteiger partial charge in [-0.2, -0.15) is 4.98 Å². The summed E-state index contributed by atoms with van der Waals surface area (Å²) < 4.78 is 5.38. The number of urea groups is 1. The molecule has 0 unspecified atom stereocenters. The number of imide groups is 1. The van der Waals surface area contributed by atoms with E-state index in [4.69, 9.17) is 4.52 Å². The second-order valence-electron chi connectivity index (χ2n) is 7.30. The zero-order chi connectivity index (χ0) is 21.5. The molecule has 1 aliphatic heterocycles. The van der Waals surface area contributed by atoms with Gasteiger partial charge in [0, 0.05) is 37.4 Å². The summed E-state index contributed by atoms with van der Waals surface area (Å²) in [6.45, 7) is 3.72. The Bertz CT molecular complexity index is 1000. The van der Waals surface area contributed by atoms with Crippen LogP contribution in [0.25, 0.3) is 11.4 Å². The number of amides is 3. The molecule has 2 N–H and O–H groups in total. The minimum atomic E-state index is -0.527. The molecule has 0 spiro atoms. The van der Waals surface area contributed by atoms with E-state index in [0.29, 0.717) is 37.0 Å². The predicted octanol–water partition coefficient (Wildman–Crippen LogP) is 2.20. The second-order valence-corrected chi connectivity index (χ2v) is 7.30. The summed E-state index contributed by atoms with van der Waals surface area (Å²) >= 11 is 0. The molecule has 3 amide bonds. The number of piperazine rings is 1. The summed E-state index contributed by atoms with van der Waals surface area (Å²) in [6.07, 6.45) is 0. The van der Waals surface area contributed by atoms with Crippen LogP contribution in [-0.4, -0.2) is 64.6 Å². The minimum Gasteiger partial charge on any atom is -0.338 e. The predicted molar refractivity (Wildman–Crippen MR) is 115 cm³/mol. The minimum absolute atomic E-state index is 0.175. The molecule has 2 heterocycles. The van der Waals surface area contributed by atoms with Crippen molar-refractivity contribution in [2.24, 2.45) is 0 Å². The van der Waals surface area contributed by atoms with Crippen molar-refractivity contribution >= 4 is 17.6 Å². The van der Waals surface area contributed by atoms with E-state index in [9.17, 15) is 9.59 Å². The molecule has 1 saturated heterocycles. The lowest BCUT2D eigenvalue weighted by molar-refractivity contribution is -0.121. The maximum Gasteiger partial charge on any atom is 0.325 e. The molecular weight excluding hydrogens is 396 g/mol. The molecule has 2 aromatic carbocycles. The first-order chi connectivity index (χ1) is 15.2. The van der Waals surface area contributed by atoms with Gasteiger partial charge in [0.25, 0.3) is 0 Å². The van der Waals surface area contributed by atoms with Crippen LogP contribution in [-0.2, 0) is 11.3 Å². The number of nitrogens with one attached hydrogen (secondary N) is 2. The number of anilines is 1. The number of benzene rings is 2. The molecule has 3 aromatic rings. The van der Waals surface area contributed by atoms with E-state index >= 15 is 0 Å². The Labute approximate surface area is 180 Å². The van der Waals surface area contributed by atoms with Crippen molar-refractivity contribution in [1.29, 1.82) is 0 Å². The molecule has 0 bridgehead atoms. The lowest BCUT2D eigenvalue weighted by atomic mass is 10.2. The first-order valence-electron chi connectivity index (χ1n) is 10.1. The Balaban J connectivity index is 1.19. The van der Waals surface area contributed by atoms with Gasteiger partial charge in [-0.1, -0.05) is 53.7 Å². The maximum atomic E-state index is 12.2. The second kappa shape index (κ2) is 9.96. The summed E-state index contributed by atoms with van der Waals surface area (Å²) in [5.74, 6) is 0.827. The van der Waals surface area contributed by atoms with E-state index < -0.39 is 6.03 Å². The molecule has 31 heavy (non-hydrogen) atoms. The molecule has 1 fully saturated rings. The van der Waals surface area contributed by atoms with Gasteiger partial charge in [0.15, 0.2) is 0 Å². The van der Waals surface area contributed by atoms with E-state index in [1.165, 1.54) is 0 Å². The molecule has 160 valence electrons. The number of para-hydroxylation sites is 1. The normalized spacial score (nSPS) is 14.8. The van der Waals surface area contributed by atoms with Gasteiger partial charge in [-0.3, -0.25) is 19.9 Å². The van der Waals surface area contributed by atoms with E-state index in [1.54, 1.807) is 12.1 Å². The van der Waals surface area contributed by atoms with Crippen molar-refractivity contribution in [1.82, 2.24) is 25.3 Å². The first-order valence-corrected chi connectivity index (χ1v) is 10.1. The highest BCUT2D eigenvalue weighted by Gasteiger charge is 2.21. The summed E-state index contributed by atoms with van der Waals surface area (Å²) in [7, 11) is 0. The van der Waals surface area contributed by atoms with Gasteiger partial charge in [0.2, 0.25) is 17.6 Å². The Morgan fingerprint density at radius 2 is 1.55 bits per heavy atom. The number of aromatic nitrogens is 2. The van der Waals surface area contributed by atoms with Crippen molar-refractivity contribution in [3.8, 4) is 11.4 Å². The van der Waals surface area contributed by atoms with Gasteiger partial charge in [-0.25, -0.2) is 4.79 Å². The van der Waals surface area contributed by atoms with Crippen LogP contribution in [0.1, 0.15) is 5.89 Å². The molecule has 0 radical (unpaired) electrons. The van der Waals surface area contributed by atoms with Crippen LogP contribution < -0.4 is 10.6 Å². The summed E-state index contributed by atoms with van der Waals surface area (Å²) in [6, 6.07) is 18.2.